The lowest BCUT2D eigenvalue weighted by molar-refractivity contribution is 0.223. The lowest BCUT2D eigenvalue weighted by Crippen LogP contribution is -2.49. The van der Waals surface area contributed by atoms with Gasteiger partial charge in [-0.2, -0.15) is 0 Å². The van der Waals surface area contributed by atoms with Gasteiger partial charge in [-0.05, 0) is 45.8 Å². The van der Waals surface area contributed by atoms with Gasteiger partial charge in [0.05, 0.1) is 0 Å². The number of halogens is 1. The van der Waals surface area contributed by atoms with Crippen molar-refractivity contribution in [1.82, 2.24) is 10.2 Å². The Morgan fingerprint density at radius 1 is 1.33 bits per heavy atom. The summed E-state index contributed by atoms with van der Waals surface area (Å²) < 4.78 is 14.6. The zero-order valence-corrected chi connectivity index (χ0v) is 17.2. The first kappa shape index (κ1) is 21.1. The molecule has 27 heavy (non-hydrogen) atoms. The molecule has 1 aromatic carbocycles. The monoisotopic (exact) mass is 369 g/mol. The minimum atomic E-state index is -0.207. The van der Waals surface area contributed by atoms with Gasteiger partial charge in [0.2, 0.25) is 0 Å². The van der Waals surface area contributed by atoms with Crippen LogP contribution in [-0.4, -0.2) is 36.3 Å². The minimum Gasteiger partial charge on any atom is -0.369 e. The smallest absolute Gasteiger partial charge is 0.131 e. The molecule has 1 unspecified atom stereocenters. The van der Waals surface area contributed by atoms with Crippen LogP contribution in [0.2, 0.25) is 0 Å². The Morgan fingerprint density at radius 3 is 2.70 bits per heavy atom. The first-order valence-corrected chi connectivity index (χ1v) is 9.80. The fourth-order valence-corrected chi connectivity index (χ4v) is 3.58. The van der Waals surface area contributed by atoms with Crippen molar-refractivity contribution < 1.29 is 4.39 Å². The Labute approximate surface area is 163 Å². The molecule has 0 saturated carbocycles. The number of benzene rings is 1. The van der Waals surface area contributed by atoms with Crippen molar-refractivity contribution in [3.05, 3.63) is 65.3 Å². The third-order valence-corrected chi connectivity index (χ3v) is 4.99. The van der Waals surface area contributed by atoms with E-state index in [0.29, 0.717) is 11.6 Å². The normalized spacial score (nSPS) is 20.2. The molecular weight excluding hydrogens is 337 g/mol. The number of hydrogen-bond acceptors (Lipinski definition) is 3. The van der Waals surface area contributed by atoms with Crippen molar-refractivity contribution in [2.45, 2.75) is 47.1 Å². The van der Waals surface area contributed by atoms with Gasteiger partial charge in [-0.15, -0.1) is 0 Å². The number of nitrogens with one attached hydrogen (secondary N) is 1. The highest BCUT2D eigenvalue weighted by atomic mass is 19.1. The van der Waals surface area contributed by atoms with Gasteiger partial charge in [0.25, 0.3) is 0 Å². The topological polar surface area (TPSA) is 27.6 Å². The van der Waals surface area contributed by atoms with Crippen molar-refractivity contribution in [3.8, 4) is 0 Å². The van der Waals surface area contributed by atoms with Gasteiger partial charge in [0.1, 0.15) is 5.82 Å². The summed E-state index contributed by atoms with van der Waals surface area (Å²) in [6.45, 7) is 13.2. The summed E-state index contributed by atoms with van der Waals surface area (Å²) in [4.78, 5) is 7.05. The number of allylic oxidation sites excluding steroid dienone is 5. The Morgan fingerprint density at radius 2 is 2.07 bits per heavy atom. The quantitative estimate of drug-likeness (QED) is 0.552. The second-order valence-corrected chi connectivity index (χ2v) is 6.90. The fourth-order valence-electron chi connectivity index (χ4n) is 3.58. The van der Waals surface area contributed by atoms with Crippen LogP contribution >= 0.6 is 0 Å². The van der Waals surface area contributed by atoms with Crippen LogP contribution in [0, 0.1) is 5.82 Å². The average molecular weight is 370 g/mol. The van der Waals surface area contributed by atoms with Gasteiger partial charge in [-0.1, -0.05) is 37.3 Å². The molecule has 1 fully saturated rings. The largest absolute Gasteiger partial charge is 0.369 e. The standard InChI is InChI=1S/C23H32FN3/c1-6-8-13-26-18(4)23(19(5)27-15-14-25-16-17(27)3)20(7-2)21-11-9-10-12-22(21)24/h7-13,17,25H,6,14-16H2,1-5H3/b13-8+,20-7-,23-19-,26-18+. The van der Waals surface area contributed by atoms with E-state index in [1.165, 1.54) is 6.07 Å². The molecule has 2 rings (SSSR count). The molecular formula is C23H32FN3. The van der Waals surface area contributed by atoms with E-state index in [4.69, 9.17) is 0 Å². The highest BCUT2D eigenvalue weighted by Gasteiger charge is 2.24. The summed E-state index contributed by atoms with van der Waals surface area (Å²) in [5.74, 6) is -0.207. The maximum atomic E-state index is 14.6. The molecule has 1 saturated heterocycles. The molecule has 0 spiro atoms. The summed E-state index contributed by atoms with van der Waals surface area (Å²) in [6, 6.07) is 7.35. The van der Waals surface area contributed by atoms with Crippen LogP contribution in [0.1, 0.15) is 46.6 Å². The fraction of sp³-hybridized carbons (Fsp3) is 0.435. The van der Waals surface area contributed by atoms with Gasteiger partial charge >= 0.3 is 0 Å². The molecule has 1 aromatic rings. The number of hydrogen-bond donors (Lipinski definition) is 1. The van der Waals surface area contributed by atoms with Crippen molar-refractivity contribution in [2.75, 3.05) is 19.6 Å². The second-order valence-electron chi connectivity index (χ2n) is 6.90. The summed E-state index contributed by atoms with van der Waals surface area (Å²) in [7, 11) is 0. The number of rotatable bonds is 6. The van der Waals surface area contributed by atoms with Crippen LogP contribution in [0.4, 0.5) is 4.39 Å². The van der Waals surface area contributed by atoms with Gasteiger partial charge < -0.3 is 10.2 Å². The molecule has 1 aliphatic heterocycles. The van der Waals surface area contributed by atoms with Crippen molar-refractivity contribution in [3.63, 3.8) is 0 Å². The van der Waals surface area contributed by atoms with Crippen LogP contribution in [0.25, 0.3) is 5.57 Å². The molecule has 1 aliphatic rings. The van der Waals surface area contributed by atoms with Crippen molar-refractivity contribution >= 4 is 11.3 Å². The maximum absolute atomic E-state index is 14.6. The van der Waals surface area contributed by atoms with E-state index in [1.54, 1.807) is 6.07 Å². The molecule has 0 aromatic heterocycles. The van der Waals surface area contributed by atoms with Crippen LogP contribution in [0.5, 0.6) is 0 Å². The van der Waals surface area contributed by atoms with E-state index in [1.807, 2.05) is 44.3 Å². The van der Waals surface area contributed by atoms with E-state index in [9.17, 15) is 4.39 Å². The van der Waals surface area contributed by atoms with Gasteiger partial charge in [0.15, 0.2) is 0 Å². The van der Waals surface area contributed by atoms with Crippen molar-refractivity contribution in [1.29, 1.82) is 0 Å². The lowest BCUT2D eigenvalue weighted by Gasteiger charge is -2.38. The van der Waals surface area contributed by atoms with Crippen LogP contribution in [-0.2, 0) is 0 Å². The maximum Gasteiger partial charge on any atom is 0.131 e. The zero-order valence-electron chi connectivity index (χ0n) is 17.2. The van der Waals surface area contributed by atoms with Crippen LogP contribution in [0.3, 0.4) is 0 Å². The van der Waals surface area contributed by atoms with E-state index in [-0.39, 0.29) is 5.82 Å². The van der Waals surface area contributed by atoms with Crippen LogP contribution < -0.4 is 5.32 Å². The van der Waals surface area contributed by atoms with E-state index in [2.05, 4.69) is 36.0 Å². The van der Waals surface area contributed by atoms with Crippen LogP contribution in [0.15, 0.2) is 58.9 Å². The van der Waals surface area contributed by atoms with Gasteiger partial charge in [0, 0.05) is 54.4 Å². The Hall–Kier alpha value is -2.20. The molecule has 0 bridgehead atoms. The molecule has 1 atom stereocenters. The third kappa shape index (κ3) is 5.16. The first-order valence-electron chi connectivity index (χ1n) is 9.80. The SMILES string of the molecule is C\C=C(C(/C(C)=N/C=C/CC)=C(/C)N1CCNCC1C)\c1ccccc1F. The third-order valence-electron chi connectivity index (χ3n) is 4.99. The highest BCUT2D eigenvalue weighted by Crippen LogP contribution is 2.31. The van der Waals surface area contributed by atoms with Gasteiger partial charge in [-0.3, -0.25) is 4.99 Å². The predicted octanol–water partition coefficient (Wildman–Crippen LogP) is 5.18. The molecule has 0 radical (unpaired) electrons. The first-order chi connectivity index (χ1) is 13.0. The summed E-state index contributed by atoms with van der Waals surface area (Å²) >= 11 is 0. The molecule has 0 amide bonds. The summed E-state index contributed by atoms with van der Waals surface area (Å²) in [5.41, 5.74) is 4.57. The second kappa shape index (κ2) is 10.2. The number of nitrogens with zero attached hydrogens (tertiary/aromatic N) is 2. The van der Waals surface area contributed by atoms with E-state index in [0.717, 1.165) is 48.6 Å². The van der Waals surface area contributed by atoms with Crippen molar-refractivity contribution in [2.24, 2.45) is 4.99 Å². The van der Waals surface area contributed by atoms with Gasteiger partial charge in [-0.25, -0.2) is 4.39 Å². The number of piperazine rings is 1. The lowest BCUT2D eigenvalue weighted by atomic mass is 9.91. The predicted molar refractivity (Wildman–Crippen MR) is 114 cm³/mol. The molecule has 1 N–H and O–H groups in total. The summed E-state index contributed by atoms with van der Waals surface area (Å²) in [5, 5.41) is 3.43. The molecule has 0 aliphatic carbocycles. The summed E-state index contributed by atoms with van der Waals surface area (Å²) in [6.07, 6.45) is 6.81. The zero-order chi connectivity index (χ0) is 19.8. The highest BCUT2D eigenvalue weighted by molar-refractivity contribution is 6.12. The minimum absolute atomic E-state index is 0.207. The Balaban J connectivity index is 2.61. The average Bonchev–Trinajstić information content (AvgIpc) is 2.67. The molecule has 4 heteroatoms. The van der Waals surface area contributed by atoms with E-state index >= 15 is 0 Å². The number of aliphatic imine (C=N–C) groups is 1. The molecule has 146 valence electrons. The molecule has 1 heterocycles. The Kier molecular flexibility index (Phi) is 7.99. The Bertz CT molecular complexity index is 759. The van der Waals surface area contributed by atoms with E-state index < -0.39 is 0 Å². The molecule has 3 nitrogen and oxygen atoms in total.